The fourth-order valence-electron chi connectivity index (χ4n) is 2.20. The highest BCUT2D eigenvalue weighted by Crippen LogP contribution is 2.30. The monoisotopic (exact) mass is 409 g/mol. The molecule has 1 amide bonds. The van der Waals surface area contributed by atoms with Crippen molar-refractivity contribution in [3.8, 4) is 0 Å². The van der Waals surface area contributed by atoms with Gasteiger partial charge >= 0.3 is 6.18 Å². The topological polar surface area (TPSA) is 54.9 Å². The summed E-state index contributed by atoms with van der Waals surface area (Å²) in [6.07, 6.45) is -4.43. The molecule has 0 bridgehead atoms. The maximum absolute atomic E-state index is 12.5. The number of hydrogen-bond acceptors (Lipinski definition) is 5. The van der Waals surface area contributed by atoms with E-state index in [4.69, 9.17) is 0 Å². The molecule has 1 aromatic heterocycles. The molecule has 0 fully saturated rings. The molecule has 0 saturated carbocycles. The highest BCUT2D eigenvalue weighted by molar-refractivity contribution is 8.00. The molecule has 0 aliphatic rings. The Morgan fingerprint density at radius 2 is 1.70 bits per heavy atom. The zero-order valence-corrected chi connectivity index (χ0v) is 15.5. The van der Waals surface area contributed by atoms with E-state index in [-0.39, 0.29) is 12.3 Å². The van der Waals surface area contributed by atoms with E-state index in [1.54, 1.807) is 0 Å². The van der Waals surface area contributed by atoms with E-state index in [0.717, 1.165) is 27.8 Å². The molecule has 0 spiro atoms. The van der Waals surface area contributed by atoms with Crippen LogP contribution in [-0.2, 0) is 23.1 Å². The zero-order valence-electron chi connectivity index (χ0n) is 13.9. The number of benzene rings is 2. The minimum atomic E-state index is -4.39. The molecule has 4 nitrogen and oxygen atoms in total. The van der Waals surface area contributed by atoms with E-state index in [2.05, 4.69) is 15.5 Å². The van der Waals surface area contributed by atoms with Gasteiger partial charge in [0.1, 0.15) is 0 Å². The summed E-state index contributed by atoms with van der Waals surface area (Å²) in [7, 11) is 0. The Hall–Kier alpha value is -2.39. The first-order valence-electron chi connectivity index (χ1n) is 7.86. The number of amides is 1. The second-order valence-corrected chi connectivity index (χ2v) is 7.77. The fraction of sp³-hybridized carbons (Fsp3) is 0.167. The fourth-order valence-corrected chi connectivity index (χ4v) is 3.92. The van der Waals surface area contributed by atoms with Gasteiger partial charge in [0.2, 0.25) is 11.0 Å². The van der Waals surface area contributed by atoms with Crippen LogP contribution >= 0.6 is 23.1 Å². The number of hydrogen-bond donors (Lipinski definition) is 1. The molecule has 3 aromatic rings. The van der Waals surface area contributed by atoms with Crippen molar-refractivity contribution in [1.29, 1.82) is 0 Å². The van der Waals surface area contributed by atoms with E-state index in [0.29, 0.717) is 10.7 Å². The molecule has 2 aromatic carbocycles. The molecular weight excluding hydrogens is 395 g/mol. The van der Waals surface area contributed by atoms with Gasteiger partial charge in [0.25, 0.3) is 0 Å². The molecule has 140 valence electrons. The van der Waals surface area contributed by atoms with Gasteiger partial charge in [0.05, 0.1) is 12.0 Å². The quantitative estimate of drug-likeness (QED) is 0.458. The summed E-state index contributed by atoms with van der Waals surface area (Å²) in [6, 6.07) is 14.4. The Balaban J connectivity index is 1.52. The van der Waals surface area contributed by atoms with Crippen molar-refractivity contribution in [3.63, 3.8) is 0 Å². The number of aromatic nitrogens is 2. The molecule has 9 heteroatoms. The first-order valence-corrected chi connectivity index (χ1v) is 9.66. The zero-order chi connectivity index (χ0) is 19.3. The van der Waals surface area contributed by atoms with Crippen LogP contribution in [0.1, 0.15) is 16.7 Å². The average Bonchev–Trinajstić information content (AvgIpc) is 3.08. The van der Waals surface area contributed by atoms with Gasteiger partial charge in [-0.3, -0.25) is 4.79 Å². The molecule has 0 radical (unpaired) electrons. The normalized spacial score (nSPS) is 11.4. The van der Waals surface area contributed by atoms with Crippen LogP contribution in [0.3, 0.4) is 0 Å². The van der Waals surface area contributed by atoms with Crippen molar-refractivity contribution in [2.24, 2.45) is 0 Å². The summed E-state index contributed by atoms with van der Waals surface area (Å²) < 4.78 is 38.4. The summed E-state index contributed by atoms with van der Waals surface area (Å²) in [4.78, 5) is 12.1. The van der Waals surface area contributed by atoms with Gasteiger partial charge in [-0.15, -0.1) is 10.2 Å². The van der Waals surface area contributed by atoms with Crippen LogP contribution in [0, 0.1) is 0 Å². The van der Waals surface area contributed by atoms with Crippen LogP contribution in [0.4, 0.5) is 18.3 Å². The van der Waals surface area contributed by atoms with Gasteiger partial charge in [-0.1, -0.05) is 65.6 Å². The standard InChI is InChI=1S/C18H14F3N3OS2/c19-18(20,21)14-8-6-12(7-9-14)10-15(25)22-16-23-24-17(27-16)26-11-13-4-2-1-3-5-13/h1-9H,10-11H2,(H,22,23,25). The lowest BCUT2D eigenvalue weighted by Gasteiger charge is -2.07. The first-order chi connectivity index (χ1) is 12.9. The van der Waals surface area contributed by atoms with Gasteiger partial charge in [0, 0.05) is 5.75 Å². The summed E-state index contributed by atoms with van der Waals surface area (Å²) in [5, 5.41) is 10.9. The van der Waals surface area contributed by atoms with Crippen molar-refractivity contribution >= 4 is 34.1 Å². The number of halogens is 3. The minimum absolute atomic E-state index is 0.0375. The van der Waals surface area contributed by atoms with Crippen molar-refractivity contribution in [2.75, 3.05) is 5.32 Å². The second kappa shape index (κ2) is 8.53. The SMILES string of the molecule is O=C(Cc1ccc(C(F)(F)F)cc1)Nc1nnc(SCc2ccccc2)s1. The number of thioether (sulfide) groups is 1. The van der Waals surface area contributed by atoms with E-state index >= 15 is 0 Å². The lowest BCUT2D eigenvalue weighted by molar-refractivity contribution is -0.137. The van der Waals surface area contributed by atoms with Gasteiger partial charge in [-0.05, 0) is 23.3 Å². The molecule has 0 aliphatic heterocycles. The molecule has 0 atom stereocenters. The number of anilines is 1. The van der Waals surface area contributed by atoms with Crippen LogP contribution in [0.2, 0.25) is 0 Å². The third-order valence-corrected chi connectivity index (χ3v) is 5.55. The first kappa shape index (κ1) is 19.4. The molecule has 0 saturated heterocycles. The number of carbonyl (C=O) groups is 1. The molecule has 0 unspecified atom stereocenters. The smallest absolute Gasteiger partial charge is 0.300 e. The number of nitrogens with one attached hydrogen (secondary N) is 1. The molecule has 1 heterocycles. The molecule has 0 aliphatic carbocycles. The van der Waals surface area contributed by atoms with E-state index < -0.39 is 11.7 Å². The average molecular weight is 409 g/mol. The van der Waals surface area contributed by atoms with Gasteiger partial charge in [-0.25, -0.2) is 0 Å². The summed E-state index contributed by atoms with van der Waals surface area (Å²) in [5.74, 6) is 0.389. The maximum Gasteiger partial charge on any atom is 0.416 e. The lowest BCUT2D eigenvalue weighted by atomic mass is 10.1. The number of carbonyl (C=O) groups excluding carboxylic acids is 1. The van der Waals surface area contributed by atoms with Crippen molar-refractivity contribution in [3.05, 3.63) is 71.3 Å². The van der Waals surface area contributed by atoms with E-state index in [1.807, 2.05) is 30.3 Å². The predicted octanol–water partition coefficient (Wildman–Crippen LogP) is 5.03. The third kappa shape index (κ3) is 5.80. The van der Waals surface area contributed by atoms with Crippen LogP contribution in [0.5, 0.6) is 0 Å². The predicted molar refractivity (Wildman–Crippen MR) is 99.7 cm³/mol. The lowest BCUT2D eigenvalue weighted by Crippen LogP contribution is -2.14. The molecule has 1 N–H and O–H groups in total. The van der Waals surface area contributed by atoms with Crippen LogP contribution in [0.15, 0.2) is 58.9 Å². The molecule has 3 rings (SSSR count). The Morgan fingerprint density at radius 3 is 2.37 bits per heavy atom. The largest absolute Gasteiger partial charge is 0.416 e. The summed E-state index contributed by atoms with van der Waals surface area (Å²) in [5.41, 5.74) is 0.908. The Kier molecular flexibility index (Phi) is 6.12. The highest BCUT2D eigenvalue weighted by Gasteiger charge is 2.29. The number of rotatable bonds is 6. The Bertz CT molecular complexity index is 896. The maximum atomic E-state index is 12.5. The van der Waals surface area contributed by atoms with Gasteiger partial charge < -0.3 is 5.32 Å². The second-order valence-electron chi connectivity index (χ2n) is 5.57. The van der Waals surface area contributed by atoms with Crippen molar-refractivity contribution in [1.82, 2.24) is 10.2 Å². The number of alkyl halides is 3. The van der Waals surface area contributed by atoms with Crippen LogP contribution < -0.4 is 5.32 Å². The molecular formula is C18H14F3N3OS2. The minimum Gasteiger partial charge on any atom is -0.300 e. The summed E-state index contributed by atoms with van der Waals surface area (Å²) >= 11 is 2.77. The third-order valence-electron chi connectivity index (χ3n) is 3.50. The molecule has 27 heavy (non-hydrogen) atoms. The highest BCUT2D eigenvalue weighted by atomic mass is 32.2. The van der Waals surface area contributed by atoms with Gasteiger partial charge in [-0.2, -0.15) is 13.2 Å². The Labute approximate surface area is 161 Å². The van der Waals surface area contributed by atoms with E-state index in [1.165, 1.54) is 35.2 Å². The van der Waals surface area contributed by atoms with Crippen molar-refractivity contribution < 1.29 is 18.0 Å². The van der Waals surface area contributed by atoms with Crippen molar-refractivity contribution in [2.45, 2.75) is 22.7 Å². The van der Waals surface area contributed by atoms with Crippen LogP contribution in [0.25, 0.3) is 0 Å². The summed E-state index contributed by atoms with van der Waals surface area (Å²) in [6.45, 7) is 0. The Morgan fingerprint density at radius 1 is 1.00 bits per heavy atom. The van der Waals surface area contributed by atoms with Gasteiger partial charge in [0.15, 0.2) is 4.34 Å². The van der Waals surface area contributed by atoms with Crippen LogP contribution in [-0.4, -0.2) is 16.1 Å². The number of nitrogens with zero attached hydrogens (tertiary/aromatic N) is 2. The van der Waals surface area contributed by atoms with E-state index in [9.17, 15) is 18.0 Å².